The van der Waals surface area contributed by atoms with Gasteiger partial charge in [0.05, 0.1) is 24.3 Å². The summed E-state index contributed by atoms with van der Waals surface area (Å²) in [6, 6.07) is 8.43. The molecule has 0 bridgehead atoms. The predicted octanol–water partition coefficient (Wildman–Crippen LogP) is 5.02. The molecule has 0 fully saturated rings. The van der Waals surface area contributed by atoms with Crippen LogP contribution in [0.25, 0.3) is 22.8 Å². The van der Waals surface area contributed by atoms with Crippen LogP contribution >= 0.6 is 11.6 Å². The van der Waals surface area contributed by atoms with Gasteiger partial charge in [0.25, 0.3) is 0 Å². The molecule has 0 saturated heterocycles. The zero-order chi connectivity index (χ0) is 28.1. The van der Waals surface area contributed by atoms with E-state index in [4.69, 9.17) is 16.7 Å². The van der Waals surface area contributed by atoms with Gasteiger partial charge in [-0.2, -0.15) is 23.4 Å². The smallest absolute Gasteiger partial charge is 0.331 e. The van der Waals surface area contributed by atoms with Crippen molar-refractivity contribution in [2.45, 2.75) is 58.7 Å². The third kappa shape index (κ3) is 4.94. The number of amides is 1. The number of carbonyl (C=O) groups excluding carboxylic acids is 1. The van der Waals surface area contributed by atoms with Crippen molar-refractivity contribution in [1.29, 1.82) is 0 Å². The van der Waals surface area contributed by atoms with E-state index in [-0.39, 0.29) is 24.3 Å². The highest BCUT2D eigenvalue weighted by atomic mass is 35.5. The Bertz CT molecular complexity index is 1500. The summed E-state index contributed by atoms with van der Waals surface area (Å²) >= 11 is 6.46. The number of aromatic nitrogens is 6. The van der Waals surface area contributed by atoms with Crippen molar-refractivity contribution >= 4 is 23.3 Å². The second kappa shape index (κ2) is 10.2. The molecule has 1 N–H and O–H groups in total. The molecule has 1 unspecified atom stereocenters. The van der Waals surface area contributed by atoms with Crippen molar-refractivity contribution in [3.05, 3.63) is 59.0 Å². The average Bonchev–Trinajstić information content (AvgIpc) is 3.61. The van der Waals surface area contributed by atoms with Gasteiger partial charge in [0.15, 0.2) is 5.69 Å². The van der Waals surface area contributed by atoms with Gasteiger partial charge in [-0.15, -0.1) is 0 Å². The number of likely N-dealkylation sites (N-methyl/N-ethyl adjacent to an activating group) is 1. The summed E-state index contributed by atoms with van der Waals surface area (Å²) < 4.78 is 44.7. The van der Waals surface area contributed by atoms with Crippen LogP contribution in [0, 0.1) is 0 Å². The molecule has 0 saturated carbocycles. The van der Waals surface area contributed by atoms with Crippen LogP contribution in [0.4, 0.5) is 19.0 Å². The number of imidazole rings is 1. The minimum Gasteiger partial charge on any atom is -0.331 e. The van der Waals surface area contributed by atoms with Crippen LogP contribution in [-0.2, 0) is 30.6 Å². The highest BCUT2D eigenvalue weighted by molar-refractivity contribution is 6.33. The lowest BCUT2D eigenvalue weighted by Gasteiger charge is -2.32. The van der Waals surface area contributed by atoms with Crippen LogP contribution < -0.4 is 10.2 Å². The summed E-state index contributed by atoms with van der Waals surface area (Å²) in [6.45, 7) is 6.70. The fraction of sp³-hybridized carbons (Fsp3) is 0.385. The molecule has 13 heteroatoms. The van der Waals surface area contributed by atoms with Crippen molar-refractivity contribution < 1.29 is 18.0 Å². The normalized spacial score (nSPS) is 15.9. The minimum atomic E-state index is -4.52. The third-order valence-electron chi connectivity index (χ3n) is 6.75. The fourth-order valence-electron chi connectivity index (χ4n) is 4.74. The number of benzene rings is 1. The van der Waals surface area contributed by atoms with E-state index in [2.05, 4.69) is 15.4 Å². The van der Waals surface area contributed by atoms with Crippen molar-refractivity contribution in [2.24, 2.45) is 0 Å². The van der Waals surface area contributed by atoms with Gasteiger partial charge < -0.3 is 9.88 Å². The lowest BCUT2D eigenvalue weighted by atomic mass is 10.1. The Labute approximate surface area is 228 Å². The Morgan fingerprint density at radius 2 is 1.92 bits per heavy atom. The SMILES string of the molecule is CCn1cc(C(F)(F)F)nc1-c1ccc(CN2C(=O)C(NC)Cn3nc(-c4c(Cl)cnn4C(C)C)cc32)cc1. The maximum atomic E-state index is 13.4. The molecule has 39 heavy (non-hydrogen) atoms. The Morgan fingerprint density at radius 3 is 2.54 bits per heavy atom. The molecule has 206 valence electrons. The molecule has 1 atom stereocenters. The van der Waals surface area contributed by atoms with Gasteiger partial charge in [-0.25, -0.2) is 9.67 Å². The predicted molar refractivity (Wildman–Crippen MR) is 141 cm³/mol. The molecule has 1 amide bonds. The number of carbonyl (C=O) groups is 1. The number of halogens is 4. The molecule has 9 nitrogen and oxygen atoms in total. The van der Waals surface area contributed by atoms with Gasteiger partial charge in [0.2, 0.25) is 5.91 Å². The molecule has 1 aliphatic heterocycles. The van der Waals surface area contributed by atoms with Crippen LogP contribution in [0.15, 0.2) is 42.7 Å². The summed E-state index contributed by atoms with van der Waals surface area (Å²) in [5.41, 5.74) is 1.71. The Kier molecular flexibility index (Phi) is 7.02. The van der Waals surface area contributed by atoms with E-state index in [1.54, 1.807) is 58.7 Å². The first kappa shape index (κ1) is 26.9. The van der Waals surface area contributed by atoms with Crippen molar-refractivity contribution in [3.63, 3.8) is 0 Å². The number of fused-ring (bicyclic) bond motifs is 1. The molecule has 0 aliphatic carbocycles. The number of aryl methyl sites for hydroxylation is 1. The lowest BCUT2D eigenvalue weighted by molar-refractivity contribution is -0.140. The Morgan fingerprint density at radius 1 is 1.21 bits per heavy atom. The molecule has 5 rings (SSSR count). The standard InChI is InChI=1S/C26H28ClF3N8O/c1-5-35-14-21(26(28,29)30)33-24(35)17-8-6-16(7-9-17)12-36-22-10-19(23-18(27)11-32-38(23)15(2)3)34-37(22)13-20(31-4)25(36)39/h6-11,14-15,20,31H,5,12-13H2,1-4H3. The highest BCUT2D eigenvalue weighted by Crippen LogP contribution is 2.35. The number of nitrogens with one attached hydrogen (secondary N) is 1. The van der Waals surface area contributed by atoms with E-state index in [1.807, 2.05) is 19.9 Å². The van der Waals surface area contributed by atoms with Crippen LogP contribution in [-0.4, -0.2) is 48.1 Å². The van der Waals surface area contributed by atoms with E-state index < -0.39 is 17.9 Å². The quantitative estimate of drug-likeness (QED) is 0.343. The maximum Gasteiger partial charge on any atom is 0.434 e. The molecule has 1 aromatic carbocycles. The van der Waals surface area contributed by atoms with Crippen LogP contribution in [0.2, 0.25) is 5.02 Å². The van der Waals surface area contributed by atoms with E-state index >= 15 is 0 Å². The highest BCUT2D eigenvalue weighted by Gasteiger charge is 2.36. The summed E-state index contributed by atoms with van der Waals surface area (Å²) in [6.07, 6.45) is -1.92. The topological polar surface area (TPSA) is 85.8 Å². The second-order valence-electron chi connectivity index (χ2n) is 9.65. The molecule has 3 aromatic heterocycles. The monoisotopic (exact) mass is 560 g/mol. The minimum absolute atomic E-state index is 0.0584. The van der Waals surface area contributed by atoms with Crippen LogP contribution in [0.5, 0.6) is 0 Å². The molecule has 0 spiro atoms. The number of hydrogen-bond acceptors (Lipinski definition) is 5. The molecule has 0 radical (unpaired) electrons. The summed E-state index contributed by atoms with van der Waals surface area (Å²) in [7, 11) is 1.72. The molecule has 4 heterocycles. The number of rotatable bonds is 7. The largest absolute Gasteiger partial charge is 0.434 e. The zero-order valence-corrected chi connectivity index (χ0v) is 22.6. The van der Waals surface area contributed by atoms with Gasteiger partial charge in [-0.3, -0.25) is 14.4 Å². The van der Waals surface area contributed by atoms with E-state index in [0.29, 0.717) is 40.9 Å². The van der Waals surface area contributed by atoms with E-state index in [1.165, 1.54) is 4.57 Å². The molecular weight excluding hydrogens is 533 g/mol. The molecule has 1 aliphatic rings. The first-order valence-electron chi connectivity index (χ1n) is 12.5. The number of anilines is 1. The van der Waals surface area contributed by atoms with Gasteiger partial charge in [0.1, 0.15) is 29.1 Å². The maximum absolute atomic E-state index is 13.4. The molecular formula is C26H28ClF3N8O. The summed E-state index contributed by atoms with van der Waals surface area (Å²) in [5, 5.41) is 12.6. The summed E-state index contributed by atoms with van der Waals surface area (Å²) in [4.78, 5) is 18.9. The zero-order valence-electron chi connectivity index (χ0n) is 21.9. The third-order valence-corrected chi connectivity index (χ3v) is 7.02. The van der Waals surface area contributed by atoms with Gasteiger partial charge in [-0.1, -0.05) is 35.9 Å². The van der Waals surface area contributed by atoms with Crippen LogP contribution in [0.3, 0.4) is 0 Å². The van der Waals surface area contributed by atoms with Gasteiger partial charge >= 0.3 is 6.18 Å². The molecule has 4 aromatic rings. The number of alkyl halides is 3. The van der Waals surface area contributed by atoms with Crippen molar-refractivity contribution in [3.8, 4) is 22.8 Å². The van der Waals surface area contributed by atoms with Gasteiger partial charge in [-0.05, 0) is 33.4 Å². The number of hydrogen-bond donors (Lipinski definition) is 1. The second-order valence-corrected chi connectivity index (χ2v) is 10.1. The number of nitrogens with zero attached hydrogens (tertiary/aromatic N) is 7. The summed E-state index contributed by atoms with van der Waals surface area (Å²) in [5.74, 6) is 0.747. The van der Waals surface area contributed by atoms with Crippen molar-refractivity contribution in [2.75, 3.05) is 11.9 Å². The van der Waals surface area contributed by atoms with Crippen LogP contribution in [0.1, 0.15) is 38.1 Å². The first-order chi connectivity index (χ1) is 18.5. The Balaban J connectivity index is 1.47. The first-order valence-corrected chi connectivity index (χ1v) is 12.9. The fourth-order valence-corrected chi connectivity index (χ4v) is 4.97. The average molecular weight is 561 g/mol. The van der Waals surface area contributed by atoms with Gasteiger partial charge in [0, 0.05) is 30.4 Å². The van der Waals surface area contributed by atoms with E-state index in [9.17, 15) is 18.0 Å². The Hall–Kier alpha value is -3.64. The van der Waals surface area contributed by atoms with E-state index in [0.717, 1.165) is 11.8 Å². The lowest BCUT2D eigenvalue weighted by Crippen LogP contribution is -2.52. The van der Waals surface area contributed by atoms with Crippen molar-refractivity contribution in [1.82, 2.24) is 34.4 Å².